The lowest BCUT2D eigenvalue weighted by Gasteiger charge is -2.26. The summed E-state index contributed by atoms with van der Waals surface area (Å²) in [6, 6.07) is 1.55. The molecule has 0 aliphatic carbocycles. The van der Waals surface area contributed by atoms with Gasteiger partial charge in [-0.2, -0.15) is 0 Å². The third-order valence-corrected chi connectivity index (χ3v) is 2.56. The number of anilines is 1. The molecular formula is C11H12N4O3. The molecule has 2 N–H and O–H groups in total. The lowest BCUT2D eigenvalue weighted by molar-refractivity contribution is -0.135. The molecule has 0 bridgehead atoms. The Morgan fingerprint density at radius 1 is 1.39 bits per heavy atom. The fraction of sp³-hybridized carbons (Fsp3) is 0.273. The van der Waals surface area contributed by atoms with E-state index in [1.807, 2.05) is 0 Å². The number of hydrogen-bond donors (Lipinski definition) is 2. The number of hydrogen-bond acceptors (Lipinski definition) is 5. The smallest absolute Gasteiger partial charge is 0.257 e. The van der Waals surface area contributed by atoms with E-state index in [-0.39, 0.29) is 19.0 Å². The second-order valence-corrected chi connectivity index (χ2v) is 3.80. The van der Waals surface area contributed by atoms with Crippen molar-refractivity contribution in [3.8, 4) is 0 Å². The number of nitrogens with one attached hydrogen (secondary N) is 2. The average Bonchev–Trinajstić information content (AvgIpc) is 2.36. The Labute approximate surface area is 103 Å². The molecule has 0 atom stereocenters. The van der Waals surface area contributed by atoms with Gasteiger partial charge in [0, 0.05) is 13.2 Å². The molecule has 0 aromatic carbocycles. The molecular weight excluding hydrogens is 236 g/mol. The Hall–Kier alpha value is -2.44. The summed E-state index contributed by atoms with van der Waals surface area (Å²) in [6.07, 6.45) is 3.00. The first kappa shape index (κ1) is 12.0. The molecule has 0 unspecified atom stereocenters. The van der Waals surface area contributed by atoms with Gasteiger partial charge in [-0.3, -0.25) is 24.7 Å². The van der Waals surface area contributed by atoms with Crippen LogP contribution in [0.5, 0.6) is 0 Å². The van der Waals surface area contributed by atoms with Crippen LogP contribution in [0.4, 0.5) is 5.69 Å². The van der Waals surface area contributed by atoms with Crippen molar-refractivity contribution >= 4 is 23.4 Å². The highest BCUT2D eigenvalue weighted by Crippen LogP contribution is 2.15. The van der Waals surface area contributed by atoms with Gasteiger partial charge in [-0.1, -0.05) is 0 Å². The normalized spacial score (nSPS) is 15.3. The molecule has 18 heavy (non-hydrogen) atoms. The molecule has 0 saturated carbocycles. The van der Waals surface area contributed by atoms with Crippen LogP contribution in [0.1, 0.15) is 10.4 Å². The Balaban J connectivity index is 2.25. The zero-order chi connectivity index (χ0) is 13.1. The molecule has 2 rings (SSSR count). The van der Waals surface area contributed by atoms with Crippen molar-refractivity contribution in [2.45, 2.75) is 0 Å². The highest BCUT2D eigenvalue weighted by atomic mass is 16.2. The minimum atomic E-state index is -0.473. The summed E-state index contributed by atoms with van der Waals surface area (Å²) in [5.41, 5.74) is 0.941. The number of imide groups is 1. The summed E-state index contributed by atoms with van der Waals surface area (Å²) >= 11 is 0. The second kappa shape index (κ2) is 4.82. The average molecular weight is 248 g/mol. The van der Waals surface area contributed by atoms with Gasteiger partial charge in [-0.15, -0.1) is 0 Å². The van der Waals surface area contributed by atoms with E-state index in [0.29, 0.717) is 11.3 Å². The third kappa shape index (κ3) is 2.29. The lowest BCUT2D eigenvalue weighted by Crippen LogP contribution is -2.53. The molecule has 3 amide bonds. The number of amides is 3. The van der Waals surface area contributed by atoms with Gasteiger partial charge in [0.15, 0.2) is 0 Å². The zero-order valence-electron chi connectivity index (χ0n) is 9.77. The first-order chi connectivity index (χ1) is 8.61. The first-order valence-electron chi connectivity index (χ1n) is 5.35. The molecule has 1 fully saturated rings. The maximum absolute atomic E-state index is 12.2. The van der Waals surface area contributed by atoms with Crippen molar-refractivity contribution in [2.24, 2.45) is 0 Å². The van der Waals surface area contributed by atoms with Crippen LogP contribution in [0.2, 0.25) is 0 Å². The molecule has 1 aromatic heterocycles. The number of piperazine rings is 1. The van der Waals surface area contributed by atoms with E-state index in [9.17, 15) is 14.4 Å². The maximum atomic E-state index is 12.2. The summed E-state index contributed by atoms with van der Waals surface area (Å²) < 4.78 is 0. The van der Waals surface area contributed by atoms with Crippen molar-refractivity contribution in [3.05, 3.63) is 24.0 Å². The molecule has 94 valence electrons. The van der Waals surface area contributed by atoms with Gasteiger partial charge in [0.05, 0.1) is 17.4 Å². The number of pyridine rings is 1. The van der Waals surface area contributed by atoms with Gasteiger partial charge in [-0.25, -0.2) is 0 Å². The molecule has 0 radical (unpaired) electrons. The van der Waals surface area contributed by atoms with Crippen LogP contribution in [-0.4, -0.2) is 47.7 Å². The first-order valence-corrected chi connectivity index (χ1v) is 5.35. The van der Waals surface area contributed by atoms with Crippen LogP contribution in [0.25, 0.3) is 0 Å². The fourth-order valence-corrected chi connectivity index (χ4v) is 1.73. The molecule has 1 aromatic rings. The molecule has 2 heterocycles. The van der Waals surface area contributed by atoms with Crippen LogP contribution in [0.3, 0.4) is 0 Å². The zero-order valence-corrected chi connectivity index (χ0v) is 9.77. The van der Waals surface area contributed by atoms with Crippen molar-refractivity contribution in [1.82, 2.24) is 15.2 Å². The monoisotopic (exact) mass is 248 g/mol. The summed E-state index contributed by atoms with van der Waals surface area (Å²) in [6.45, 7) is -0.230. The van der Waals surface area contributed by atoms with Gasteiger partial charge >= 0.3 is 0 Å². The number of aromatic nitrogens is 1. The lowest BCUT2D eigenvalue weighted by atomic mass is 10.2. The van der Waals surface area contributed by atoms with E-state index in [4.69, 9.17) is 0 Å². The molecule has 0 spiro atoms. The largest absolute Gasteiger partial charge is 0.386 e. The van der Waals surface area contributed by atoms with Crippen molar-refractivity contribution in [2.75, 3.05) is 25.5 Å². The summed E-state index contributed by atoms with van der Waals surface area (Å²) in [5, 5.41) is 4.99. The molecule has 7 nitrogen and oxygen atoms in total. The van der Waals surface area contributed by atoms with Gasteiger partial charge in [-0.05, 0) is 6.07 Å². The predicted octanol–water partition coefficient (Wildman–Crippen LogP) is -0.778. The van der Waals surface area contributed by atoms with E-state index < -0.39 is 11.8 Å². The minimum absolute atomic E-state index is 0.115. The van der Waals surface area contributed by atoms with Crippen LogP contribution >= 0.6 is 0 Å². The van der Waals surface area contributed by atoms with E-state index in [0.717, 1.165) is 0 Å². The van der Waals surface area contributed by atoms with Crippen LogP contribution < -0.4 is 10.6 Å². The Morgan fingerprint density at radius 2 is 2.06 bits per heavy atom. The van der Waals surface area contributed by atoms with Crippen LogP contribution in [0, 0.1) is 0 Å². The van der Waals surface area contributed by atoms with Crippen molar-refractivity contribution in [1.29, 1.82) is 0 Å². The number of rotatable bonds is 2. The Bertz CT molecular complexity index is 499. The molecule has 1 aliphatic rings. The molecule has 1 saturated heterocycles. The van der Waals surface area contributed by atoms with E-state index in [1.54, 1.807) is 13.1 Å². The van der Waals surface area contributed by atoms with Gasteiger partial charge in [0.25, 0.3) is 5.91 Å². The second-order valence-electron chi connectivity index (χ2n) is 3.80. The van der Waals surface area contributed by atoms with E-state index in [1.165, 1.54) is 17.3 Å². The highest BCUT2D eigenvalue weighted by molar-refractivity contribution is 6.07. The van der Waals surface area contributed by atoms with E-state index >= 15 is 0 Å². The third-order valence-electron chi connectivity index (χ3n) is 2.56. The number of nitrogens with zero attached hydrogens (tertiary/aromatic N) is 2. The topological polar surface area (TPSA) is 91.4 Å². The fourth-order valence-electron chi connectivity index (χ4n) is 1.73. The van der Waals surface area contributed by atoms with E-state index in [2.05, 4.69) is 15.6 Å². The van der Waals surface area contributed by atoms with Crippen LogP contribution in [0.15, 0.2) is 18.5 Å². The van der Waals surface area contributed by atoms with Crippen LogP contribution in [-0.2, 0) is 9.59 Å². The van der Waals surface area contributed by atoms with Crippen molar-refractivity contribution in [3.63, 3.8) is 0 Å². The highest BCUT2D eigenvalue weighted by Gasteiger charge is 2.28. The van der Waals surface area contributed by atoms with Gasteiger partial charge in [0.2, 0.25) is 11.8 Å². The number of carbonyl (C=O) groups excluding carboxylic acids is 3. The van der Waals surface area contributed by atoms with Gasteiger partial charge < -0.3 is 10.2 Å². The van der Waals surface area contributed by atoms with Gasteiger partial charge in [0.1, 0.15) is 13.1 Å². The molecule has 1 aliphatic heterocycles. The Kier molecular flexibility index (Phi) is 3.22. The molecule has 7 heteroatoms. The summed E-state index contributed by atoms with van der Waals surface area (Å²) in [4.78, 5) is 39.7. The standard InChI is InChI=1S/C11H12N4O3/c1-12-8-4-13-3-2-7(8)11(18)15-5-9(16)14-10(17)6-15/h2-4,12H,5-6H2,1H3,(H,14,16,17). The SMILES string of the molecule is CNc1cnccc1C(=O)N1CC(=O)NC(=O)C1. The predicted molar refractivity (Wildman–Crippen MR) is 62.8 cm³/mol. The quantitative estimate of drug-likeness (QED) is 0.670. The number of carbonyl (C=O) groups is 3. The summed E-state index contributed by atoms with van der Waals surface area (Å²) in [5.74, 6) is -1.32. The van der Waals surface area contributed by atoms with Crippen molar-refractivity contribution < 1.29 is 14.4 Å². The summed E-state index contributed by atoms with van der Waals surface area (Å²) in [7, 11) is 1.67. The minimum Gasteiger partial charge on any atom is -0.386 e. The Morgan fingerprint density at radius 3 is 2.67 bits per heavy atom. The maximum Gasteiger partial charge on any atom is 0.257 e.